The van der Waals surface area contributed by atoms with Crippen LogP contribution in [0.2, 0.25) is 0 Å². The van der Waals surface area contributed by atoms with Gasteiger partial charge < -0.3 is 19.2 Å². The van der Waals surface area contributed by atoms with Crippen molar-refractivity contribution >= 4 is 33.3 Å². The first kappa shape index (κ1) is 22.4. The quantitative estimate of drug-likeness (QED) is 0.459. The summed E-state index contributed by atoms with van der Waals surface area (Å²) in [7, 11) is -4.20. The molecule has 2 N–H and O–H groups in total. The fourth-order valence-corrected chi connectivity index (χ4v) is 4.47. The molecule has 0 bridgehead atoms. The monoisotopic (exact) mass is 445 g/mol. The summed E-state index contributed by atoms with van der Waals surface area (Å²) in [5, 5.41) is 8.86. The molecule has 10 heteroatoms. The van der Waals surface area contributed by atoms with Crippen molar-refractivity contribution in [1.82, 2.24) is 14.3 Å². The van der Waals surface area contributed by atoms with Crippen LogP contribution in [0.25, 0.3) is 11.0 Å². The lowest BCUT2D eigenvalue weighted by molar-refractivity contribution is -0.138. The van der Waals surface area contributed by atoms with Crippen LogP contribution in [0.15, 0.2) is 59.8 Å². The van der Waals surface area contributed by atoms with Crippen LogP contribution in [0.3, 0.4) is 0 Å². The summed E-state index contributed by atoms with van der Waals surface area (Å²) in [6, 6.07) is 12.1. The number of carbonyl (C=O) groups excluding carboxylic acids is 1. The van der Waals surface area contributed by atoms with Gasteiger partial charge in [-0.3, -0.25) is 4.79 Å². The predicted octanol–water partition coefficient (Wildman–Crippen LogP) is 2.39. The van der Waals surface area contributed by atoms with E-state index in [1.807, 2.05) is 42.7 Å². The molecule has 0 radical (unpaired) electrons. The van der Waals surface area contributed by atoms with Crippen molar-refractivity contribution in [2.24, 2.45) is 0 Å². The van der Waals surface area contributed by atoms with Gasteiger partial charge >= 0.3 is 5.97 Å². The molecule has 31 heavy (non-hydrogen) atoms. The molecule has 0 fully saturated rings. The van der Waals surface area contributed by atoms with Crippen molar-refractivity contribution in [3.8, 4) is 5.75 Å². The average molecular weight is 445 g/mol. The predicted molar refractivity (Wildman–Crippen MR) is 113 cm³/mol. The number of hydrogen-bond acceptors (Lipinski definition) is 6. The van der Waals surface area contributed by atoms with Crippen molar-refractivity contribution in [3.05, 3.63) is 54.9 Å². The Morgan fingerprint density at radius 3 is 2.58 bits per heavy atom. The number of para-hydroxylation sites is 3. The van der Waals surface area contributed by atoms with E-state index in [9.17, 15) is 18.0 Å². The SMILES string of the molecule is CC(Oc1ccccc1S(=O)(=O)NC(C=O)CC(=O)O)C(C)n1cnc2ccccc21. The first-order valence-corrected chi connectivity index (χ1v) is 11.1. The van der Waals surface area contributed by atoms with Crippen molar-refractivity contribution in [3.63, 3.8) is 0 Å². The zero-order valence-corrected chi connectivity index (χ0v) is 17.8. The van der Waals surface area contributed by atoms with Gasteiger partial charge in [0.05, 0.1) is 35.9 Å². The highest BCUT2D eigenvalue weighted by atomic mass is 32.2. The van der Waals surface area contributed by atoms with E-state index in [2.05, 4.69) is 9.71 Å². The molecule has 3 unspecified atom stereocenters. The van der Waals surface area contributed by atoms with Crippen LogP contribution in [0, 0.1) is 0 Å². The number of aromatic nitrogens is 2. The molecule has 2 aromatic carbocycles. The van der Waals surface area contributed by atoms with Crippen molar-refractivity contribution < 1.29 is 27.9 Å². The number of carbonyl (C=O) groups is 2. The third kappa shape index (κ3) is 5.09. The van der Waals surface area contributed by atoms with Gasteiger partial charge in [0, 0.05) is 0 Å². The fraction of sp³-hybridized carbons (Fsp3) is 0.286. The number of nitrogens with zero attached hydrogens (tertiary/aromatic N) is 2. The molecule has 164 valence electrons. The maximum atomic E-state index is 12.8. The van der Waals surface area contributed by atoms with Gasteiger partial charge in [0.25, 0.3) is 0 Å². The summed E-state index contributed by atoms with van der Waals surface area (Å²) in [4.78, 5) is 26.2. The molecule has 1 aromatic heterocycles. The van der Waals surface area contributed by atoms with Crippen molar-refractivity contribution in [2.75, 3.05) is 0 Å². The minimum Gasteiger partial charge on any atom is -0.487 e. The third-order valence-electron chi connectivity index (χ3n) is 4.92. The third-order valence-corrected chi connectivity index (χ3v) is 6.45. The van der Waals surface area contributed by atoms with Gasteiger partial charge in [-0.15, -0.1) is 0 Å². The number of imidazole rings is 1. The molecule has 0 aliphatic heterocycles. The average Bonchev–Trinajstić information content (AvgIpc) is 3.16. The lowest BCUT2D eigenvalue weighted by Gasteiger charge is -2.24. The molecule has 3 atom stereocenters. The summed E-state index contributed by atoms with van der Waals surface area (Å²) in [5.74, 6) is -1.20. The Labute approximate surface area is 179 Å². The van der Waals surface area contributed by atoms with E-state index in [0.717, 1.165) is 11.0 Å². The summed E-state index contributed by atoms with van der Waals surface area (Å²) in [6.45, 7) is 3.75. The second-order valence-electron chi connectivity index (χ2n) is 7.11. The molecule has 3 rings (SSSR count). The molecule has 0 aliphatic rings. The van der Waals surface area contributed by atoms with E-state index >= 15 is 0 Å². The minimum absolute atomic E-state index is 0.0961. The van der Waals surface area contributed by atoms with E-state index in [-0.39, 0.29) is 23.0 Å². The highest BCUT2D eigenvalue weighted by Gasteiger charge is 2.26. The Hall–Kier alpha value is -3.24. The Morgan fingerprint density at radius 2 is 1.87 bits per heavy atom. The van der Waals surface area contributed by atoms with Crippen LogP contribution < -0.4 is 9.46 Å². The number of aldehydes is 1. The Balaban J connectivity index is 1.84. The molecule has 1 heterocycles. The van der Waals surface area contributed by atoms with Crippen LogP contribution in [0.5, 0.6) is 5.75 Å². The first-order valence-electron chi connectivity index (χ1n) is 9.59. The summed E-state index contributed by atoms with van der Waals surface area (Å²) >= 11 is 0. The van der Waals surface area contributed by atoms with Crippen molar-refractivity contribution in [2.45, 2.75) is 43.4 Å². The normalized spacial score (nSPS) is 14.6. The zero-order chi connectivity index (χ0) is 22.6. The van der Waals surface area contributed by atoms with Gasteiger partial charge in [-0.05, 0) is 38.1 Å². The number of benzene rings is 2. The number of aliphatic carboxylic acids is 1. The molecule has 0 amide bonds. The number of nitrogens with one attached hydrogen (secondary N) is 1. The largest absolute Gasteiger partial charge is 0.487 e. The Morgan fingerprint density at radius 1 is 1.19 bits per heavy atom. The van der Waals surface area contributed by atoms with E-state index in [4.69, 9.17) is 9.84 Å². The maximum Gasteiger partial charge on any atom is 0.305 e. The highest BCUT2D eigenvalue weighted by Crippen LogP contribution is 2.28. The van der Waals surface area contributed by atoms with Gasteiger partial charge in [-0.2, -0.15) is 0 Å². The van der Waals surface area contributed by atoms with Gasteiger partial charge in [-0.25, -0.2) is 18.1 Å². The van der Waals surface area contributed by atoms with Gasteiger partial charge in [0.15, 0.2) is 0 Å². The number of carboxylic acid groups (broad SMARTS) is 1. The molecule has 0 aliphatic carbocycles. The van der Waals surface area contributed by atoms with Crippen LogP contribution >= 0.6 is 0 Å². The topological polar surface area (TPSA) is 128 Å². The zero-order valence-electron chi connectivity index (χ0n) is 17.0. The van der Waals surface area contributed by atoms with Crippen LogP contribution in [-0.2, 0) is 19.6 Å². The number of sulfonamides is 1. The standard InChI is InChI=1S/C21H23N3O6S/c1-14(24-13-22-17-7-3-4-8-18(17)24)15(2)30-19-9-5-6-10-20(19)31(28,29)23-16(12-25)11-21(26)27/h3-10,12-16,23H,11H2,1-2H3,(H,26,27). The summed E-state index contributed by atoms with van der Waals surface area (Å²) in [5.41, 5.74) is 1.77. The molecule has 0 saturated heterocycles. The van der Waals surface area contributed by atoms with Crippen molar-refractivity contribution in [1.29, 1.82) is 0 Å². The first-order chi connectivity index (χ1) is 14.7. The second-order valence-corrected chi connectivity index (χ2v) is 8.79. The lowest BCUT2D eigenvalue weighted by Crippen LogP contribution is -2.38. The smallest absolute Gasteiger partial charge is 0.305 e. The van der Waals surface area contributed by atoms with Crippen LogP contribution in [0.4, 0.5) is 0 Å². The van der Waals surface area contributed by atoms with Gasteiger partial charge in [0.1, 0.15) is 23.0 Å². The number of fused-ring (bicyclic) bond motifs is 1. The molecule has 3 aromatic rings. The van der Waals surface area contributed by atoms with E-state index in [0.29, 0.717) is 0 Å². The molecular weight excluding hydrogens is 422 g/mol. The van der Waals surface area contributed by atoms with E-state index < -0.39 is 34.6 Å². The second kappa shape index (κ2) is 9.27. The number of hydrogen-bond donors (Lipinski definition) is 2. The molecule has 0 spiro atoms. The number of rotatable bonds is 10. The van der Waals surface area contributed by atoms with E-state index in [1.165, 1.54) is 18.2 Å². The minimum atomic E-state index is -4.20. The maximum absolute atomic E-state index is 12.8. The summed E-state index contributed by atoms with van der Waals surface area (Å²) < 4.78 is 35.7. The van der Waals surface area contributed by atoms with E-state index in [1.54, 1.807) is 12.4 Å². The van der Waals surface area contributed by atoms with Gasteiger partial charge in [0.2, 0.25) is 10.0 Å². The summed E-state index contributed by atoms with van der Waals surface area (Å²) in [6.07, 6.45) is 0.867. The number of ether oxygens (including phenoxy) is 1. The highest BCUT2D eigenvalue weighted by molar-refractivity contribution is 7.89. The van der Waals surface area contributed by atoms with Crippen LogP contribution in [-0.4, -0.2) is 47.5 Å². The lowest BCUT2D eigenvalue weighted by atomic mass is 10.2. The van der Waals surface area contributed by atoms with Crippen LogP contribution in [0.1, 0.15) is 26.3 Å². The van der Waals surface area contributed by atoms with Gasteiger partial charge in [-0.1, -0.05) is 24.3 Å². The molecule has 0 saturated carbocycles. The Bertz CT molecular complexity index is 1190. The molecular formula is C21H23N3O6S. The number of carboxylic acids is 1. The fourth-order valence-electron chi connectivity index (χ4n) is 3.17. The Kier molecular flexibility index (Phi) is 6.71. The molecule has 9 nitrogen and oxygen atoms in total.